The lowest BCUT2D eigenvalue weighted by atomic mass is 10.2. The van der Waals surface area contributed by atoms with Crippen molar-refractivity contribution in [1.82, 2.24) is 0 Å². The maximum atomic E-state index is 10.3. The molecule has 0 radical (unpaired) electrons. The third kappa shape index (κ3) is 1.25. The Balaban J connectivity index is 3.07. The lowest BCUT2D eigenvalue weighted by molar-refractivity contribution is 0.0696. The molecular weight excluding hydrogens is 132 g/mol. The first-order valence-electron chi connectivity index (χ1n) is 2.75. The van der Waals surface area contributed by atoms with Crippen molar-refractivity contribution in [2.24, 2.45) is 0 Å². The van der Waals surface area contributed by atoms with Crippen LogP contribution < -0.4 is 0 Å². The monoisotopic (exact) mass is 139 g/mol. The molecule has 0 bridgehead atoms. The molecule has 0 atom stereocenters. The van der Waals surface area contributed by atoms with E-state index in [2.05, 4.69) is 0 Å². The van der Waals surface area contributed by atoms with Crippen LogP contribution in [-0.4, -0.2) is 16.2 Å². The van der Waals surface area contributed by atoms with Crippen molar-refractivity contribution in [2.45, 2.75) is 0 Å². The molecule has 0 aliphatic rings. The van der Waals surface area contributed by atoms with Crippen LogP contribution in [0.25, 0.3) is 0 Å². The van der Waals surface area contributed by atoms with Crippen molar-refractivity contribution in [2.75, 3.05) is 0 Å². The van der Waals surface area contributed by atoms with Crippen LogP contribution in [0.15, 0.2) is 24.3 Å². The van der Waals surface area contributed by atoms with Gasteiger partial charge in [-0.1, -0.05) is 6.07 Å². The average molecular weight is 139 g/mol. The first-order chi connectivity index (χ1) is 4.70. The normalized spacial score (nSPS) is 9.20. The number of aromatic carboxylic acids is 1. The van der Waals surface area contributed by atoms with E-state index in [1.807, 2.05) is 0 Å². The second-order valence-electron chi connectivity index (χ2n) is 1.89. The number of rotatable bonds is 1. The Bertz CT molecular complexity index is 255. The van der Waals surface area contributed by atoms with Crippen LogP contribution in [0.4, 0.5) is 0 Å². The summed E-state index contributed by atoms with van der Waals surface area (Å²) >= 11 is 0. The molecule has 0 aliphatic heterocycles. The highest BCUT2D eigenvalue weighted by Crippen LogP contribution is 2.09. The van der Waals surface area contributed by atoms with E-state index in [0.29, 0.717) is 0 Å². The van der Waals surface area contributed by atoms with Gasteiger partial charge < -0.3 is 10.2 Å². The Morgan fingerprint density at radius 3 is 2.60 bits per heavy atom. The Hall–Kier alpha value is -1.51. The number of hydrogen-bond acceptors (Lipinski definition) is 1. The average Bonchev–Trinajstić information content (AvgIpc) is 1.88. The van der Waals surface area contributed by atoms with Crippen LogP contribution in [-0.2, 0) is 0 Å². The highest BCUT2D eigenvalue weighted by Gasteiger charge is 2.02. The summed E-state index contributed by atoms with van der Waals surface area (Å²) < 4.78 is 0. The van der Waals surface area contributed by atoms with Gasteiger partial charge in [-0.3, -0.25) is 0 Å². The quantitative estimate of drug-likeness (QED) is 0.585. The SMILES string of the molecule is O=C(O)c1cccc([OH2+])c1. The van der Waals surface area contributed by atoms with E-state index in [9.17, 15) is 4.79 Å². The van der Waals surface area contributed by atoms with Crippen molar-refractivity contribution in [3.63, 3.8) is 0 Å². The zero-order chi connectivity index (χ0) is 7.56. The summed E-state index contributed by atoms with van der Waals surface area (Å²) in [5, 5.41) is 15.5. The summed E-state index contributed by atoms with van der Waals surface area (Å²) in [6, 6.07) is 5.85. The van der Waals surface area contributed by atoms with Gasteiger partial charge in [0.25, 0.3) is 5.75 Å². The molecule has 0 amide bonds. The van der Waals surface area contributed by atoms with Crippen LogP contribution in [0, 0.1) is 0 Å². The minimum atomic E-state index is -0.992. The Labute approximate surface area is 57.5 Å². The standard InChI is InChI=1S/C7H6O3/c8-6-3-1-2-5(4-6)7(9)10/h1-4,8H,(H,9,10)/p+1. The van der Waals surface area contributed by atoms with Crippen LogP contribution in [0.1, 0.15) is 10.4 Å². The molecule has 0 heterocycles. The molecule has 3 nitrogen and oxygen atoms in total. The van der Waals surface area contributed by atoms with E-state index in [0.717, 1.165) is 0 Å². The minimum Gasteiger partial charge on any atom is -0.593 e. The summed E-state index contributed by atoms with van der Waals surface area (Å²) in [6.07, 6.45) is 0. The topological polar surface area (TPSA) is 60.2 Å². The van der Waals surface area contributed by atoms with Crippen LogP contribution in [0.3, 0.4) is 0 Å². The van der Waals surface area contributed by atoms with E-state index in [1.165, 1.54) is 18.2 Å². The summed E-state index contributed by atoms with van der Waals surface area (Å²) in [6.45, 7) is 0. The highest BCUT2D eigenvalue weighted by molar-refractivity contribution is 5.87. The Morgan fingerprint density at radius 2 is 2.20 bits per heavy atom. The van der Waals surface area contributed by atoms with Gasteiger partial charge in [-0.25, -0.2) is 4.79 Å². The molecule has 52 valence electrons. The molecule has 0 fully saturated rings. The van der Waals surface area contributed by atoms with E-state index >= 15 is 0 Å². The molecule has 0 unspecified atom stereocenters. The minimum absolute atomic E-state index is 0.160. The third-order valence-corrected chi connectivity index (χ3v) is 1.11. The predicted molar refractivity (Wildman–Crippen MR) is 36.5 cm³/mol. The zero-order valence-electron chi connectivity index (χ0n) is 5.16. The molecule has 0 aromatic heterocycles. The molecule has 3 heteroatoms. The molecule has 1 rings (SSSR count). The smallest absolute Gasteiger partial charge is 0.336 e. The Morgan fingerprint density at radius 1 is 1.50 bits per heavy atom. The van der Waals surface area contributed by atoms with Crippen LogP contribution >= 0.6 is 0 Å². The lowest BCUT2D eigenvalue weighted by Crippen LogP contribution is -1.94. The molecule has 0 spiro atoms. The summed E-state index contributed by atoms with van der Waals surface area (Å²) in [4.78, 5) is 10.3. The first-order valence-corrected chi connectivity index (χ1v) is 2.75. The Kier molecular flexibility index (Phi) is 1.58. The fraction of sp³-hybridized carbons (Fsp3) is 0. The van der Waals surface area contributed by atoms with Crippen LogP contribution in [0.2, 0.25) is 0 Å². The fourth-order valence-corrected chi connectivity index (χ4v) is 0.652. The van der Waals surface area contributed by atoms with E-state index in [-0.39, 0.29) is 11.3 Å². The first kappa shape index (κ1) is 6.61. The summed E-state index contributed by atoms with van der Waals surface area (Å²) in [5.41, 5.74) is 0.160. The second-order valence-corrected chi connectivity index (χ2v) is 1.89. The van der Waals surface area contributed by atoms with Crippen LogP contribution in [0.5, 0.6) is 5.75 Å². The molecular formula is C7H7O3+. The van der Waals surface area contributed by atoms with Crippen molar-refractivity contribution in [3.05, 3.63) is 29.8 Å². The van der Waals surface area contributed by atoms with Gasteiger partial charge in [-0.05, 0) is 6.07 Å². The molecule has 1 aromatic rings. The van der Waals surface area contributed by atoms with Gasteiger partial charge in [-0.15, -0.1) is 0 Å². The molecule has 10 heavy (non-hydrogen) atoms. The van der Waals surface area contributed by atoms with Crippen molar-refractivity contribution >= 4 is 5.97 Å². The van der Waals surface area contributed by atoms with Crippen molar-refractivity contribution in [1.29, 1.82) is 0 Å². The van der Waals surface area contributed by atoms with Gasteiger partial charge in [-0.2, -0.15) is 0 Å². The van der Waals surface area contributed by atoms with Gasteiger partial charge in [0.2, 0.25) is 0 Å². The van der Waals surface area contributed by atoms with Crippen molar-refractivity contribution < 1.29 is 15.0 Å². The van der Waals surface area contributed by atoms with Gasteiger partial charge in [0.1, 0.15) is 0 Å². The molecule has 3 N–H and O–H groups in total. The fourth-order valence-electron chi connectivity index (χ4n) is 0.652. The largest absolute Gasteiger partial charge is 0.593 e. The van der Waals surface area contributed by atoms with Gasteiger partial charge in [0, 0.05) is 12.1 Å². The molecule has 0 saturated heterocycles. The molecule has 0 saturated carbocycles. The van der Waals surface area contributed by atoms with E-state index in [1.54, 1.807) is 6.07 Å². The number of benzene rings is 1. The van der Waals surface area contributed by atoms with Crippen molar-refractivity contribution in [3.8, 4) is 5.75 Å². The third-order valence-electron chi connectivity index (χ3n) is 1.11. The van der Waals surface area contributed by atoms with Gasteiger partial charge in [0.05, 0.1) is 5.56 Å². The predicted octanol–water partition coefficient (Wildman–Crippen LogP) is 0.823. The van der Waals surface area contributed by atoms with E-state index in [4.69, 9.17) is 10.2 Å². The van der Waals surface area contributed by atoms with Gasteiger partial charge in [0.15, 0.2) is 0 Å². The number of hydrogen-bond donors (Lipinski definition) is 1. The maximum Gasteiger partial charge on any atom is 0.336 e. The molecule has 1 aromatic carbocycles. The number of carbonyl (C=O) groups is 1. The summed E-state index contributed by atoms with van der Waals surface area (Å²) in [7, 11) is 0. The maximum absolute atomic E-state index is 10.3. The second kappa shape index (κ2) is 2.39. The molecule has 0 aliphatic carbocycles. The number of carboxylic acid groups (broad SMARTS) is 1. The number of carboxylic acids is 1. The highest BCUT2D eigenvalue weighted by atomic mass is 16.4. The van der Waals surface area contributed by atoms with Gasteiger partial charge >= 0.3 is 5.97 Å². The summed E-state index contributed by atoms with van der Waals surface area (Å²) in [5.74, 6) is -0.769. The van der Waals surface area contributed by atoms with E-state index < -0.39 is 5.97 Å². The lowest BCUT2D eigenvalue weighted by Gasteiger charge is -1.90. The zero-order valence-corrected chi connectivity index (χ0v) is 5.16.